The number of hydrogen-bond acceptors (Lipinski definition) is 5. The van der Waals surface area contributed by atoms with Crippen molar-refractivity contribution >= 4 is 12.0 Å². The summed E-state index contributed by atoms with van der Waals surface area (Å²) in [6, 6.07) is -0.136. The van der Waals surface area contributed by atoms with E-state index in [-0.39, 0.29) is 12.0 Å². The van der Waals surface area contributed by atoms with Crippen LogP contribution in [0, 0.1) is 6.92 Å². The number of hydrogen-bond donors (Lipinski definition) is 2. The monoisotopic (exact) mass is 185 g/mol. The number of anilines is 1. The van der Waals surface area contributed by atoms with Gasteiger partial charge in [0.1, 0.15) is 0 Å². The highest BCUT2D eigenvalue weighted by atomic mass is 16.5. The van der Waals surface area contributed by atoms with Crippen LogP contribution in [0.3, 0.4) is 0 Å². The lowest BCUT2D eigenvalue weighted by atomic mass is 10.7. The third-order valence-electron chi connectivity index (χ3n) is 1.21. The number of urea groups is 1. The second kappa shape index (κ2) is 3.74. The Kier molecular flexibility index (Phi) is 2.68. The van der Waals surface area contributed by atoms with Crippen molar-refractivity contribution in [1.29, 1.82) is 0 Å². The fourth-order valence-electron chi connectivity index (χ4n) is 0.567. The molecule has 0 bridgehead atoms. The van der Waals surface area contributed by atoms with Gasteiger partial charge in [-0.3, -0.25) is 0 Å². The minimum atomic E-state index is -0.296. The number of amides is 2. The van der Waals surface area contributed by atoms with Crippen molar-refractivity contribution in [2.45, 2.75) is 6.92 Å². The summed E-state index contributed by atoms with van der Waals surface area (Å²) in [7, 11) is 3.24. The summed E-state index contributed by atoms with van der Waals surface area (Å²) in [5.74, 6) is 0.501. The Morgan fingerprint density at radius 2 is 2.23 bits per heavy atom. The number of nitrogens with zero attached hydrogens (tertiary/aromatic N) is 3. The van der Waals surface area contributed by atoms with Crippen molar-refractivity contribution < 1.29 is 9.32 Å². The van der Waals surface area contributed by atoms with Gasteiger partial charge in [0.15, 0.2) is 5.82 Å². The molecule has 2 amide bonds. The summed E-state index contributed by atoms with van der Waals surface area (Å²) in [4.78, 5) is 16.2. The predicted octanol–water partition coefficient (Wildman–Crippen LogP) is -0.0239. The van der Waals surface area contributed by atoms with Crippen molar-refractivity contribution in [3.05, 3.63) is 5.82 Å². The summed E-state index contributed by atoms with van der Waals surface area (Å²) in [5.41, 5.74) is 4.82. The molecule has 0 aliphatic carbocycles. The number of nitrogens with one attached hydrogen (secondary N) is 2. The highest BCUT2D eigenvalue weighted by Crippen LogP contribution is 1.99. The molecule has 13 heavy (non-hydrogen) atoms. The molecule has 0 saturated heterocycles. The highest BCUT2D eigenvalue weighted by Gasteiger charge is 2.04. The average molecular weight is 185 g/mol. The van der Waals surface area contributed by atoms with Crippen LogP contribution in [0.5, 0.6) is 0 Å². The molecule has 0 aliphatic heterocycles. The fourth-order valence-corrected chi connectivity index (χ4v) is 0.567. The lowest BCUT2D eigenvalue weighted by molar-refractivity contribution is 0.219. The van der Waals surface area contributed by atoms with Crippen LogP contribution in [0.15, 0.2) is 4.52 Å². The standard InChI is InChI=1S/C6H11N5O2/c1-4-7-5(13-10-4)8-9-6(12)11(2)3/h1-3H3,(H,9,12)(H,7,8,10). The summed E-state index contributed by atoms with van der Waals surface area (Å²) < 4.78 is 4.69. The van der Waals surface area contributed by atoms with Crippen LogP contribution in [0.1, 0.15) is 5.82 Å². The van der Waals surface area contributed by atoms with Crippen LogP contribution < -0.4 is 10.9 Å². The van der Waals surface area contributed by atoms with E-state index in [1.54, 1.807) is 21.0 Å². The first-order valence-corrected chi connectivity index (χ1v) is 3.63. The Morgan fingerprint density at radius 3 is 2.69 bits per heavy atom. The lowest BCUT2D eigenvalue weighted by Gasteiger charge is -2.10. The van der Waals surface area contributed by atoms with Crippen LogP contribution in [-0.2, 0) is 0 Å². The first kappa shape index (κ1) is 9.30. The van der Waals surface area contributed by atoms with Crippen LogP contribution >= 0.6 is 0 Å². The molecule has 1 rings (SSSR count). The molecule has 1 aromatic rings. The zero-order chi connectivity index (χ0) is 9.84. The van der Waals surface area contributed by atoms with Crippen LogP contribution in [0.4, 0.5) is 10.8 Å². The van der Waals surface area contributed by atoms with Gasteiger partial charge < -0.3 is 9.42 Å². The minimum Gasteiger partial charge on any atom is -0.330 e. The average Bonchev–Trinajstić information content (AvgIpc) is 2.47. The molecule has 72 valence electrons. The molecule has 7 nitrogen and oxygen atoms in total. The molecule has 0 aliphatic rings. The second-order valence-electron chi connectivity index (χ2n) is 2.60. The van der Waals surface area contributed by atoms with Gasteiger partial charge in [0, 0.05) is 14.1 Å². The Hall–Kier alpha value is -1.79. The molecule has 0 spiro atoms. The Labute approximate surface area is 75.1 Å². The Bertz CT molecular complexity index is 295. The number of aromatic nitrogens is 2. The SMILES string of the molecule is Cc1noc(NNC(=O)N(C)C)n1. The van der Waals surface area contributed by atoms with Gasteiger partial charge in [0.05, 0.1) is 0 Å². The van der Waals surface area contributed by atoms with Crippen LogP contribution in [-0.4, -0.2) is 35.2 Å². The van der Waals surface area contributed by atoms with Gasteiger partial charge in [-0.2, -0.15) is 4.98 Å². The molecule has 0 atom stereocenters. The normalized spacial score (nSPS) is 9.46. The Balaban J connectivity index is 2.39. The van der Waals surface area contributed by atoms with Crippen molar-refractivity contribution in [2.75, 3.05) is 19.5 Å². The first-order chi connectivity index (χ1) is 6.09. The number of carbonyl (C=O) groups is 1. The molecule has 0 unspecified atom stereocenters. The fraction of sp³-hybridized carbons (Fsp3) is 0.500. The van der Waals surface area contributed by atoms with Crippen LogP contribution in [0.2, 0.25) is 0 Å². The van der Waals surface area contributed by atoms with E-state index in [1.165, 1.54) is 4.90 Å². The predicted molar refractivity (Wildman–Crippen MR) is 44.9 cm³/mol. The van der Waals surface area contributed by atoms with E-state index in [0.29, 0.717) is 5.82 Å². The van der Waals surface area contributed by atoms with E-state index in [1.807, 2.05) is 0 Å². The van der Waals surface area contributed by atoms with E-state index in [4.69, 9.17) is 0 Å². The maximum absolute atomic E-state index is 11.0. The van der Waals surface area contributed by atoms with E-state index in [2.05, 4.69) is 25.5 Å². The molecule has 0 saturated carbocycles. The highest BCUT2D eigenvalue weighted by molar-refractivity contribution is 5.74. The maximum atomic E-state index is 11.0. The third-order valence-corrected chi connectivity index (χ3v) is 1.21. The summed E-state index contributed by atoms with van der Waals surface area (Å²) in [5, 5.41) is 3.53. The molecule has 7 heteroatoms. The molecular formula is C6H11N5O2. The van der Waals surface area contributed by atoms with E-state index in [0.717, 1.165) is 0 Å². The zero-order valence-electron chi connectivity index (χ0n) is 7.66. The van der Waals surface area contributed by atoms with Gasteiger partial charge >= 0.3 is 12.0 Å². The molecule has 2 N–H and O–H groups in total. The number of carbonyl (C=O) groups excluding carboxylic acids is 1. The number of rotatable bonds is 2. The lowest BCUT2D eigenvalue weighted by Crippen LogP contribution is -2.38. The largest absolute Gasteiger partial charge is 0.340 e. The maximum Gasteiger partial charge on any atom is 0.340 e. The van der Waals surface area contributed by atoms with Gasteiger partial charge in [-0.05, 0) is 6.92 Å². The first-order valence-electron chi connectivity index (χ1n) is 3.63. The van der Waals surface area contributed by atoms with E-state index < -0.39 is 0 Å². The van der Waals surface area contributed by atoms with Gasteiger partial charge in [0.2, 0.25) is 0 Å². The quantitative estimate of drug-likeness (QED) is 0.632. The smallest absolute Gasteiger partial charge is 0.330 e. The summed E-state index contributed by atoms with van der Waals surface area (Å²) in [6.45, 7) is 1.68. The minimum absolute atomic E-state index is 0.160. The summed E-state index contributed by atoms with van der Waals surface area (Å²) >= 11 is 0. The van der Waals surface area contributed by atoms with Gasteiger partial charge in [0.25, 0.3) is 0 Å². The van der Waals surface area contributed by atoms with E-state index >= 15 is 0 Å². The molecule has 1 heterocycles. The van der Waals surface area contributed by atoms with Gasteiger partial charge in [-0.15, -0.1) is 0 Å². The van der Waals surface area contributed by atoms with Crippen LogP contribution in [0.25, 0.3) is 0 Å². The molecular weight excluding hydrogens is 174 g/mol. The van der Waals surface area contributed by atoms with E-state index in [9.17, 15) is 4.79 Å². The third kappa shape index (κ3) is 2.62. The molecule has 0 fully saturated rings. The summed E-state index contributed by atoms with van der Waals surface area (Å²) in [6.07, 6.45) is 0. The zero-order valence-corrected chi connectivity index (χ0v) is 7.66. The molecule has 0 radical (unpaired) electrons. The topological polar surface area (TPSA) is 83.3 Å². The van der Waals surface area contributed by atoms with Crippen molar-refractivity contribution in [2.24, 2.45) is 0 Å². The van der Waals surface area contributed by atoms with Crippen molar-refractivity contribution in [3.8, 4) is 0 Å². The second-order valence-corrected chi connectivity index (χ2v) is 2.60. The Morgan fingerprint density at radius 1 is 1.54 bits per heavy atom. The number of aryl methyl sites for hydroxylation is 1. The van der Waals surface area contributed by atoms with Crippen molar-refractivity contribution in [1.82, 2.24) is 20.5 Å². The molecule has 0 aromatic carbocycles. The molecule has 1 aromatic heterocycles. The van der Waals surface area contributed by atoms with Crippen molar-refractivity contribution in [3.63, 3.8) is 0 Å². The van der Waals surface area contributed by atoms with Gasteiger partial charge in [-0.25, -0.2) is 15.6 Å². The number of hydrazine groups is 1. The van der Waals surface area contributed by atoms with Gasteiger partial charge in [-0.1, -0.05) is 5.16 Å².